The van der Waals surface area contributed by atoms with Gasteiger partial charge in [-0.3, -0.25) is 9.59 Å². The maximum Gasteiger partial charge on any atom is 0.224 e. The number of carbonyl (C=O) groups is 2. The number of phenolic OH excluding ortho intramolecular Hbond substituents is 1. The van der Waals surface area contributed by atoms with E-state index in [-0.39, 0.29) is 34.4 Å². The Kier molecular flexibility index (Phi) is 9.64. The Morgan fingerprint density at radius 2 is 1.68 bits per heavy atom. The van der Waals surface area contributed by atoms with Crippen LogP contribution in [0.1, 0.15) is 89.0 Å². The molecule has 240 valence electrons. The van der Waals surface area contributed by atoms with E-state index in [0.717, 1.165) is 35.3 Å². The van der Waals surface area contributed by atoms with E-state index in [4.69, 9.17) is 4.43 Å². The van der Waals surface area contributed by atoms with Crippen molar-refractivity contribution in [2.24, 2.45) is 17.8 Å². The summed E-state index contributed by atoms with van der Waals surface area (Å²) in [7, 11) is -2.13. The van der Waals surface area contributed by atoms with Gasteiger partial charge in [0.25, 0.3) is 0 Å². The average Bonchev–Trinajstić information content (AvgIpc) is 2.91. The topological polar surface area (TPSA) is 99.7 Å². The van der Waals surface area contributed by atoms with Crippen molar-refractivity contribution in [3.05, 3.63) is 59.2 Å². The molecule has 44 heavy (non-hydrogen) atoms. The maximum absolute atomic E-state index is 13.2. The van der Waals surface area contributed by atoms with E-state index >= 15 is 0 Å². The van der Waals surface area contributed by atoms with Gasteiger partial charge in [-0.25, -0.2) is 0 Å². The Morgan fingerprint density at radius 3 is 2.30 bits per heavy atom. The fraction of sp³-hybridized carbons (Fsp3) is 0.611. The van der Waals surface area contributed by atoms with Crippen LogP contribution >= 0.6 is 0 Å². The standard InChI is InChI=1S/C36H53N3O4Si/c1-24(37-22-33(43-44(5,6)35(2,3)4)30-10-11-32(41)31(18-30)38-23-40)12-25-8-7-9-26(13-25)17-34(42)39-36-19-27-14-28(20-36)16-29(15-27)21-36/h7-11,13,18,23-24,27-29,33,37,41H,12,14-17,19-22H2,1-6H3,(H,38,40)(H,39,42)/t24-,27?,28?,29?,33+,36?/m1/s1. The Morgan fingerprint density at radius 1 is 1.05 bits per heavy atom. The van der Waals surface area contributed by atoms with Crippen LogP contribution in [0.3, 0.4) is 0 Å². The van der Waals surface area contributed by atoms with Crippen LogP contribution in [0.25, 0.3) is 0 Å². The zero-order valence-corrected chi connectivity index (χ0v) is 28.5. The first kappa shape index (κ1) is 32.7. The number of amides is 2. The highest BCUT2D eigenvalue weighted by molar-refractivity contribution is 6.74. The highest BCUT2D eigenvalue weighted by atomic mass is 28.4. The molecule has 0 aromatic heterocycles. The summed E-state index contributed by atoms with van der Waals surface area (Å²) in [6, 6.07) is 13.9. The zero-order valence-electron chi connectivity index (χ0n) is 27.5. The fourth-order valence-electron chi connectivity index (χ4n) is 8.08. The van der Waals surface area contributed by atoms with Crippen molar-refractivity contribution >= 4 is 26.3 Å². The second-order valence-corrected chi connectivity index (χ2v) is 20.4. The van der Waals surface area contributed by atoms with Crippen molar-refractivity contribution in [3.8, 4) is 5.75 Å². The molecule has 0 saturated heterocycles. The molecule has 0 heterocycles. The number of rotatable bonds is 13. The van der Waals surface area contributed by atoms with E-state index < -0.39 is 8.32 Å². The van der Waals surface area contributed by atoms with Gasteiger partial charge < -0.3 is 25.5 Å². The molecule has 0 unspecified atom stereocenters. The summed E-state index contributed by atoms with van der Waals surface area (Å²) in [6.07, 6.45) is 9.23. The van der Waals surface area contributed by atoms with Crippen LogP contribution in [0.2, 0.25) is 18.1 Å². The van der Waals surface area contributed by atoms with Gasteiger partial charge in [-0.15, -0.1) is 0 Å². The van der Waals surface area contributed by atoms with E-state index in [1.54, 1.807) is 12.1 Å². The first-order valence-corrected chi connectivity index (χ1v) is 19.5. The average molecular weight is 620 g/mol. The van der Waals surface area contributed by atoms with E-state index in [2.05, 4.69) is 81.0 Å². The molecule has 4 N–H and O–H groups in total. The van der Waals surface area contributed by atoms with Crippen LogP contribution in [-0.4, -0.2) is 43.9 Å². The van der Waals surface area contributed by atoms with Gasteiger partial charge in [0.1, 0.15) is 5.75 Å². The molecule has 4 bridgehead atoms. The third-order valence-corrected chi connectivity index (χ3v) is 15.3. The van der Waals surface area contributed by atoms with Crippen molar-refractivity contribution in [3.63, 3.8) is 0 Å². The van der Waals surface area contributed by atoms with Crippen molar-refractivity contribution in [2.75, 3.05) is 11.9 Å². The van der Waals surface area contributed by atoms with Gasteiger partial charge in [0.2, 0.25) is 12.3 Å². The highest BCUT2D eigenvalue weighted by Gasteiger charge is 2.51. The molecule has 4 aliphatic carbocycles. The Labute approximate surface area is 265 Å². The van der Waals surface area contributed by atoms with E-state index in [1.807, 2.05) is 6.07 Å². The lowest BCUT2D eigenvalue weighted by Crippen LogP contribution is -2.60. The summed E-state index contributed by atoms with van der Waals surface area (Å²) in [5, 5.41) is 20.0. The van der Waals surface area contributed by atoms with Gasteiger partial charge in [0.05, 0.1) is 18.2 Å². The van der Waals surface area contributed by atoms with E-state index in [0.29, 0.717) is 25.1 Å². The summed E-state index contributed by atoms with van der Waals surface area (Å²) in [5.74, 6) is 2.64. The number of anilines is 1. The molecule has 0 aliphatic heterocycles. The van der Waals surface area contributed by atoms with Crippen LogP contribution in [0.4, 0.5) is 5.69 Å². The van der Waals surface area contributed by atoms with Gasteiger partial charge in [0, 0.05) is 18.1 Å². The van der Waals surface area contributed by atoms with Crippen LogP contribution < -0.4 is 16.0 Å². The van der Waals surface area contributed by atoms with Crippen LogP contribution in [-0.2, 0) is 26.9 Å². The van der Waals surface area contributed by atoms with Gasteiger partial charge in [-0.05, 0) is 117 Å². The number of nitrogens with one attached hydrogen (secondary N) is 3. The molecule has 4 fully saturated rings. The van der Waals surface area contributed by atoms with Crippen molar-refractivity contribution < 1.29 is 19.1 Å². The second-order valence-electron chi connectivity index (χ2n) is 15.7. The zero-order chi connectivity index (χ0) is 31.7. The number of hydrogen-bond acceptors (Lipinski definition) is 5. The molecular weight excluding hydrogens is 566 g/mol. The minimum Gasteiger partial charge on any atom is -0.506 e. The van der Waals surface area contributed by atoms with Gasteiger partial charge in [-0.1, -0.05) is 51.1 Å². The molecule has 6 rings (SSSR count). The molecule has 2 aromatic carbocycles. The molecule has 8 heteroatoms. The Balaban J connectivity index is 1.20. The molecule has 2 atom stereocenters. The number of aromatic hydroxyl groups is 1. The largest absolute Gasteiger partial charge is 0.506 e. The molecule has 2 aromatic rings. The van der Waals surface area contributed by atoms with Crippen LogP contribution in [0.15, 0.2) is 42.5 Å². The molecule has 2 amide bonds. The van der Waals surface area contributed by atoms with Gasteiger partial charge >= 0.3 is 0 Å². The summed E-state index contributed by atoms with van der Waals surface area (Å²) >= 11 is 0. The third kappa shape index (κ3) is 7.75. The minimum atomic E-state index is -2.13. The van der Waals surface area contributed by atoms with E-state index in [9.17, 15) is 14.7 Å². The predicted molar refractivity (Wildman–Crippen MR) is 179 cm³/mol. The lowest BCUT2D eigenvalue weighted by atomic mass is 9.53. The summed E-state index contributed by atoms with van der Waals surface area (Å²) in [6.45, 7) is 13.9. The highest BCUT2D eigenvalue weighted by Crippen LogP contribution is 2.55. The normalized spacial score (nSPS) is 25.8. The summed E-state index contributed by atoms with van der Waals surface area (Å²) in [5.41, 5.74) is 3.60. The molecule has 4 saturated carbocycles. The number of benzene rings is 2. The third-order valence-electron chi connectivity index (χ3n) is 10.8. The summed E-state index contributed by atoms with van der Waals surface area (Å²) in [4.78, 5) is 24.3. The molecule has 0 spiro atoms. The quantitative estimate of drug-likeness (QED) is 0.111. The maximum atomic E-state index is 13.2. The van der Waals surface area contributed by atoms with Crippen LogP contribution in [0, 0.1) is 17.8 Å². The monoisotopic (exact) mass is 619 g/mol. The first-order chi connectivity index (χ1) is 20.7. The van der Waals surface area contributed by atoms with Crippen molar-refractivity contribution in [1.82, 2.24) is 10.6 Å². The molecular formula is C36H53N3O4Si. The number of hydrogen-bond donors (Lipinski definition) is 4. The SMILES string of the molecule is C[C@H](Cc1cccc(CC(=O)NC23CC4CC(CC(C4)C2)C3)c1)NC[C@H](O[Si](C)(C)C(C)(C)C)c1ccc(O)c(NC=O)c1. The van der Waals surface area contributed by atoms with Crippen molar-refractivity contribution in [1.29, 1.82) is 0 Å². The second kappa shape index (κ2) is 13.0. The molecule has 7 nitrogen and oxygen atoms in total. The molecule has 0 radical (unpaired) electrons. The minimum absolute atomic E-state index is 0.0275. The van der Waals surface area contributed by atoms with Crippen LogP contribution in [0.5, 0.6) is 5.75 Å². The van der Waals surface area contributed by atoms with Gasteiger partial charge in [0.15, 0.2) is 8.32 Å². The fourth-order valence-corrected chi connectivity index (χ4v) is 9.37. The lowest BCUT2D eigenvalue weighted by molar-refractivity contribution is -0.126. The predicted octanol–water partition coefficient (Wildman–Crippen LogP) is 6.87. The number of carbonyl (C=O) groups excluding carboxylic acids is 2. The lowest BCUT2D eigenvalue weighted by Gasteiger charge is -2.56. The Bertz CT molecular complexity index is 1300. The van der Waals surface area contributed by atoms with E-state index in [1.165, 1.54) is 44.1 Å². The first-order valence-electron chi connectivity index (χ1n) is 16.6. The molecule has 4 aliphatic rings. The number of phenols is 1. The van der Waals surface area contributed by atoms with Gasteiger partial charge in [-0.2, -0.15) is 0 Å². The Hall–Kier alpha value is -2.68. The van der Waals surface area contributed by atoms with Crippen molar-refractivity contribution in [2.45, 2.75) is 115 Å². The summed E-state index contributed by atoms with van der Waals surface area (Å²) < 4.78 is 6.86. The smallest absolute Gasteiger partial charge is 0.224 e.